The SMILES string of the molecule is CC1COCCN1c1cc(N2CCN(SN3CCCCC3)CC2C(F)(F)F)[nH]c(=O)c1. The molecule has 2 atom stereocenters. The summed E-state index contributed by atoms with van der Waals surface area (Å²) in [6.07, 6.45) is -1.05. The molecule has 3 fully saturated rings. The second-order valence-corrected chi connectivity index (χ2v) is 9.61. The summed E-state index contributed by atoms with van der Waals surface area (Å²) in [4.78, 5) is 18.3. The number of hydrogen-bond donors (Lipinski definition) is 1. The predicted octanol–water partition coefficient (Wildman–Crippen LogP) is 2.70. The molecule has 3 aliphatic heterocycles. The lowest BCUT2D eigenvalue weighted by molar-refractivity contribution is -0.153. The normalized spacial score (nSPS) is 27.0. The summed E-state index contributed by atoms with van der Waals surface area (Å²) in [7, 11) is 0. The molecule has 174 valence electrons. The number of rotatable bonds is 4. The Morgan fingerprint density at radius 2 is 1.81 bits per heavy atom. The molecule has 0 saturated carbocycles. The second-order valence-electron chi connectivity index (χ2n) is 8.42. The smallest absolute Gasteiger partial charge is 0.377 e. The molecule has 2 unspecified atom stereocenters. The summed E-state index contributed by atoms with van der Waals surface area (Å²) in [6, 6.07) is 1.51. The van der Waals surface area contributed by atoms with Gasteiger partial charge in [-0.2, -0.15) is 13.2 Å². The van der Waals surface area contributed by atoms with Gasteiger partial charge in [0.2, 0.25) is 0 Å². The van der Waals surface area contributed by atoms with Crippen molar-refractivity contribution in [2.45, 2.75) is 44.4 Å². The first kappa shape index (κ1) is 22.8. The molecule has 7 nitrogen and oxygen atoms in total. The minimum atomic E-state index is -4.40. The fourth-order valence-electron chi connectivity index (χ4n) is 4.46. The van der Waals surface area contributed by atoms with Crippen LogP contribution in [0, 0.1) is 0 Å². The highest BCUT2D eigenvalue weighted by Crippen LogP contribution is 2.34. The Kier molecular flexibility index (Phi) is 7.04. The van der Waals surface area contributed by atoms with Crippen molar-refractivity contribution in [3.63, 3.8) is 0 Å². The van der Waals surface area contributed by atoms with Gasteiger partial charge in [0.15, 0.2) is 0 Å². The fraction of sp³-hybridized carbons (Fsp3) is 0.750. The monoisotopic (exact) mass is 461 g/mol. The molecule has 11 heteroatoms. The molecule has 0 aliphatic carbocycles. The number of piperazine rings is 1. The first-order chi connectivity index (χ1) is 14.8. The number of aromatic amines is 1. The van der Waals surface area contributed by atoms with Crippen molar-refractivity contribution in [3.8, 4) is 0 Å². The number of hydrogen-bond acceptors (Lipinski definition) is 7. The standard InChI is InChI=1S/C20H30F3N5O2S/c1-15-14-30-10-9-27(15)16-11-18(24-19(29)12-16)28-8-7-26(13-17(28)20(21,22)23)31-25-5-3-2-4-6-25/h11-12,15,17H,2-10,13-14H2,1H3,(H,24,29). The van der Waals surface area contributed by atoms with Gasteiger partial charge in [0.25, 0.3) is 5.56 Å². The minimum Gasteiger partial charge on any atom is -0.377 e. The van der Waals surface area contributed by atoms with E-state index in [0.717, 1.165) is 25.9 Å². The van der Waals surface area contributed by atoms with E-state index in [-0.39, 0.29) is 24.9 Å². The molecule has 0 amide bonds. The molecule has 4 rings (SSSR count). The van der Waals surface area contributed by atoms with Crippen molar-refractivity contribution in [2.24, 2.45) is 0 Å². The molecular formula is C20H30F3N5O2S. The summed E-state index contributed by atoms with van der Waals surface area (Å²) in [5.74, 6) is 0.228. The second kappa shape index (κ2) is 9.60. The highest BCUT2D eigenvalue weighted by Gasteiger charge is 2.47. The minimum absolute atomic E-state index is 0.0552. The number of aromatic nitrogens is 1. The lowest BCUT2D eigenvalue weighted by Crippen LogP contribution is -2.58. The molecule has 1 N–H and O–H groups in total. The molecule has 0 bridgehead atoms. The molecule has 3 saturated heterocycles. The summed E-state index contributed by atoms with van der Waals surface area (Å²) >= 11 is 1.43. The number of nitrogens with one attached hydrogen (secondary N) is 1. The molecule has 31 heavy (non-hydrogen) atoms. The third kappa shape index (κ3) is 5.50. The van der Waals surface area contributed by atoms with Gasteiger partial charge in [0, 0.05) is 75.3 Å². The third-order valence-electron chi connectivity index (χ3n) is 6.09. The van der Waals surface area contributed by atoms with Crippen molar-refractivity contribution >= 4 is 23.6 Å². The van der Waals surface area contributed by atoms with Crippen molar-refractivity contribution in [1.82, 2.24) is 13.6 Å². The molecule has 1 aromatic heterocycles. The number of nitrogens with zero attached hydrogens (tertiary/aromatic N) is 4. The van der Waals surface area contributed by atoms with Crippen LogP contribution in [0.1, 0.15) is 26.2 Å². The highest BCUT2D eigenvalue weighted by atomic mass is 32.2. The number of morpholine rings is 1. The van der Waals surface area contributed by atoms with Crippen LogP contribution >= 0.6 is 12.1 Å². The number of halogens is 3. The number of ether oxygens (including phenoxy) is 1. The lowest BCUT2D eigenvalue weighted by Gasteiger charge is -2.44. The zero-order valence-electron chi connectivity index (χ0n) is 17.7. The van der Waals surface area contributed by atoms with E-state index in [1.165, 1.54) is 29.5 Å². The molecule has 0 radical (unpaired) electrons. The van der Waals surface area contributed by atoms with Gasteiger partial charge in [-0.15, -0.1) is 0 Å². The maximum Gasteiger partial charge on any atom is 0.410 e. The van der Waals surface area contributed by atoms with Crippen LogP contribution in [-0.2, 0) is 4.74 Å². The van der Waals surface area contributed by atoms with Crippen LogP contribution in [0.5, 0.6) is 0 Å². The van der Waals surface area contributed by atoms with E-state index in [0.29, 0.717) is 32.0 Å². The van der Waals surface area contributed by atoms with Gasteiger partial charge in [-0.3, -0.25) is 4.79 Å². The quantitative estimate of drug-likeness (QED) is 0.692. The van der Waals surface area contributed by atoms with E-state index in [2.05, 4.69) is 9.29 Å². The van der Waals surface area contributed by atoms with Crippen LogP contribution in [-0.4, -0.2) is 84.3 Å². The van der Waals surface area contributed by atoms with Gasteiger partial charge in [0.1, 0.15) is 11.9 Å². The Hall–Kier alpha value is -1.43. The predicted molar refractivity (Wildman–Crippen MR) is 116 cm³/mol. The molecule has 1 aromatic rings. The zero-order valence-corrected chi connectivity index (χ0v) is 18.6. The largest absolute Gasteiger partial charge is 0.410 e. The van der Waals surface area contributed by atoms with Gasteiger partial charge in [-0.1, -0.05) is 6.42 Å². The van der Waals surface area contributed by atoms with Crippen molar-refractivity contribution < 1.29 is 17.9 Å². The van der Waals surface area contributed by atoms with Crippen LogP contribution in [0.15, 0.2) is 16.9 Å². The van der Waals surface area contributed by atoms with Crippen molar-refractivity contribution in [3.05, 3.63) is 22.5 Å². The third-order valence-corrected chi connectivity index (χ3v) is 7.25. The van der Waals surface area contributed by atoms with Gasteiger partial charge < -0.3 is 19.5 Å². The first-order valence-corrected chi connectivity index (χ1v) is 11.6. The number of piperidine rings is 1. The topological polar surface area (TPSA) is 55.1 Å². The molecule has 3 aliphatic rings. The Labute approximate surface area is 184 Å². The van der Waals surface area contributed by atoms with Gasteiger partial charge in [0.05, 0.1) is 13.2 Å². The summed E-state index contributed by atoms with van der Waals surface area (Å²) in [5, 5.41) is 0. The lowest BCUT2D eigenvalue weighted by atomic mass is 10.1. The number of H-pyrrole nitrogens is 1. The van der Waals surface area contributed by atoms with Crippen molar-refractivity contribution in [2.75, 3.05) is 62.3 Å². The zero-order chi connectivity index (χ0) is 22.0. The molecular weight excluding hydrogens is 431 g/mol. The highest BCUT2D eigenvalue weighted by molar-refractivity contribution is 7.94. The fourth-order valence-corrected chi connectivity index (χ4v) is 5.58. The van der Waals surface area contributed by atoms with E-state index in [9.17, 15) is 18.0 Å². The Balaban J connectivity index is 1.54. The summed E-state index contributed by atoms with van der Waals surface area (Å²) in [5.41, 5.74) is 0.248. The van der Waals surface area contributed by atoms with Crippen LogP contribution in [0.25, 0.3) is 0 Å². The van der Waals surface area contributed by atoms with E-state index in [1.807, 2.05) is 16.1 Å². The summed E-state index contributed by atoms with van der Waals surface area (Å²) in [6.45, 7) is 6.02. The van der Waals surface area contributed by atoms with Crippen LogP contribution in [0.2, 0.25) is 0 Å². The van der Waals surface area contributed by atoms with Gasteiger partial charge >= 0.3 is 6.18 Å². The average Bonchev–Trinajstić information content (AvgIpc) is 2.74. The van der Waals surface area contributed by atoms with Crippen molar-refractivity contribution in [1.29, 1.82) is 0 Å². The molecule has 4 heterocycles. The van der Waals surface area contributed by atoms with E-state index >= 15 is 0 Å². The number of pyridine rings is 1. The van der Waals surface area contributed by atoms with Gasteiger partial charge in [-0.25, -0.2) is 8.61 Å². The number of anilines is 2. The average molecular weight is 462 g/mol. The molecule has 0 aromatic carbocycles. The number of alkyl halides is 3. The summed E-state index contributed by atoms with van der Waals surface area (Å²) < 4.78 is 51.5. The van der Waals surface area contributed by atoms with E-state index in [4.69, 9.17) is 4.74 Å². The maximum atomic E-state index is 14.0. The van der Waals surface area contributed by atoms with Crippen LogP contribution < -0.4 is 15.4 Å². The van der Waals surface area contributed by atoms with E-state index in [1.54, 1.807) is 6.07 Å². The Morgan fingerprint density at radius 1 is 1.03 bits per heavy atom. The van der Waals surface area contributed by atoms with Crippen LogP contribution in [0.4, 0.5) is 24.7 Å². The molecule has 0 spiro atoms. The first-order valence-electron chi connectivity index (χ1n) is 10.9. The van der Waals surface area contributed by atoms with E-state index < -0.39 is 17.8 Å². The van der Waals surface area contributed by atoms with Gasteiger partial charge in [-0.05, 0) is 19.8 Å². The van der Waals surface area contributed by atoms with Crippen LogP contribution in [0.3, 0.4) is 0 Å². The Bertz CT molecular complexity index is 802. The Morgan fingerprint density at radius 3 is 2.52 bits per heavy atom. The maximum absolute atomic E-state index is 14.0.